The van der Waals surface area contributed by atoms with Crippen LogP contribution < -0.4 is 0 Å². The molecule has 1 rings (SSSR count). The van der Waals surface area contributed by atoms with Crippen molar-refractivity contribution in [2.45, 2.75) is 6.42 Å². The maximum absolute atomic E-state index is 13.3. The van der Waals surface area contributed by atoms with E-state index in [9.17, 15) is 9.18 Å². The first-order chi connectivity index (χ1) is 8.15. The highest BCUT2D eigenvalue weighted by molar-refractivity contribution is 5.96. The fourth-order valence-corrected chi connectivity index (χ4v) is 1.47. The van der Waals surface area contributed by atoms with Gasteiger partial charge in [-0.25, -0.2) is 4.39 Å². The number of hydrogen-bond donors (Lipinski definition) is 0. The number of benzene rings is 1. The number of carbonyl (C=O) groups excluding carboxylic acids is 1. The molecule has 0 amide bonds. The predicted octanol–water partition coefficient (Wildman–Crippen LogP) is 1.98. The summed E-state index contributed by atoms with van der Waals surface area (Å²) in [6, 6.07) is 6.08. The van der Waals surface area contributed by atoms with Crippen molar-refractivity contribution in [3.8, 4) is 0 Å². The van der Waals surface area contributed by atoms with E-state index in [1.807, 2.05) is 11.9 Å². The zero-order valence-electron chi connectivity index (χ0n) is 10.3. The lowest BCUT2D eigenvalue weighted by Gasteiger charge is -2.15. The van der Waals surface area contributed by atoms with Crippen LogP contribution in [0.25, 0.3) is 0 Å². The van der Waals surface area contributed by atoms with Gasteiger partial charge in [0.2, 0.25) is 0 Å². The molecule has 0 saturated heterocycles. The van der Waals surface area contributed by atoms with Crippen molar-refractivity contribution >= 4 is 5.78 Å². The van der Waals surface area contributed by atoms with E-state index in [2.05, 4.69) is 0 Å². The Labute approximate surface area is 101 Å². The van der Waals surface area contributed by atoms with Crippen LogP contribution in [0, 0.1) is 5.82 Å². The van der Waals surface area contributed by atoms with Crippen molar-refractivity contribution in [2.24, 2.45) is 0 Å². The number of Topliss-reactive ketones (excluding diaryl/α,β-unsaturated/α-hetero) is 1. The number of rotatable bonds is 7. The highest BCUT2D eigenvalue weighted by atomic mass is 19.1. The summed E-state index contributed by atoms with van der Waals surface area (Å²) in [6.45, 7) is 2.00. The molecule has 17 heavy (non-hydrogen) atoms. The summed E-state index contributed by atoms with van der Waals surface area (Å²) < 4.78 is 18.2. The van der Waals surface area contributed by atoms with Crippen LogP contribution in [0.4, 0.5) is 4.39 Å². The number of ketones is 1. The van der Waals surface area contributed by atoms with Gasteiger partial charge in [0.1, 0.15) is 5.82 Å². The molecule has 3 nitrogen and oxygen atoms in total. The van der Waals surface area contributed by atoms with Crippen LogP contribution in [-0.2, 0) is 4.74 Å². The Hall–Kier alpha value is -1.26. The molecule has 0 spiro atoms. The van der Waals surface area contributed by atoms with E-state index in [-0.39, 0.29) is 11.3 Å². The monoisotopic (exact) mass is 239 g/mol. The Balaban J connectivity index is 2.42. The van der Waals surface area contributed by atoms with E-state index < -0.39 is 5.82 Å². The first-order valence-corrected chi connectivity index (χ1v) is 5.60. The third-order valence-electron chi connectivity index (χ3n) is 2.57. The average Bonchev–Trinajstić information content (AvgIpc) is 2.34. The molecule has 0 aliphatic carbocycles. The molecule has 0 N–H and O–H groups in total. The number of ether oxygens (including phenoxy) is 1. The minimum atomic E-state index is -0.447. The van der Waals surface area contributed by atoms with Crippen LogP contribution in [-0.4, -0.2) is 44.5 Å². The summed E-state index contributed by atoms with van der Waals surface area (Å²) in [7, 11) is 3.55. The fraction of sp³-hybridized carbons (Fsp3) is 0.462. The van der Waals surface area contributed by atoms with Crippen molar-refractivity contribution in [3.05, 3.63) is 35.6 Å². The minimum Gasteiger partial charge on any atom is -0.383 e. The van der Waals surface area contributed by atoms with Crippen molar-refractivity contribution < 1.29 is 13.9 Å². The topological polar surface area (TPSA) is 29.5 Å². The van der Waals surface area contributed by atoms with Crippen LogP contribution in [0.15, 0.2) is 24.3 Å². The van der Waals surface area contributed by atoms with E-state index in [1.54, 1.807) is 19.2 Å². The smallest absolute Gasteiger partial charge is 0.167 e. The summed E-state index contributed by atoms with van der Waals surface area (Å²) >= 11 is 0. The molecule has 0 unspecified atom stereocenters. The Bertz CT molecular complexity index is 368. The van der Waals surface area contributed by atoms with Crippen LogP contribution in [0.1, 0.15) is 16.8 Å². The standard InChI is InChI=1S/C13H18FNO2/c1-15(9-10-17-2)8-7-13(16)11-5-3-4-6-12(11)14/h3-6H,7-10H2,1-2H3. The van der Waals surface area contributed by atoms with Crippen LogP contribution in [0.3, 0.4) is 0 Å². The molecule has 0 aliphatic heterocycles. The number of hydrogen-bond acceptors (Lipinski definition) is 3. The van der Waals surface area contributed by atoms with Gasteiger partial charge in [0.05, 0.1) is 12.2 Å². The molecule has 0 aliphatic rings. The van der Waals surface area contributed by atoms with Crippen LogP contribution >= 0.6 is 0 Å². The third kappa shape index (κ3) is 4.63. The second-order valence-electron chi connectivity index (χ2n) is 3.95. The quantitative estimate of drug-likeness (QED) is 0.681. The van der Waals surface area contributed by atoms with E-state index in [0.717, 1.165) is 6.54 Å². The molecule has 0 saturated carbocycles. The number of nitrogens with zero attached hydrogens (tertiary/aromatic N) is 1. The summed E-state index contributed by atoms with van der Waals surface area (Å²) in [5.41, 5.74) is 0.174. The molecule has 4 heteroatoms. The van der Waals surface area contributed by atoms with Gasteiger partial charge >= 0.3 is 0 Å². The molecular weight excluding hydrogens is 221 g/mol. The van der Waals surface area contributed by atoms with Crippen LogP contribution in [0.2, 0.25) is 0 Å². The summed E-state index contributed by atoms with van der Waals surface area (Å²) in [4.78, 5) is 13.7. The predicted molar refractivity (Wildman–Crippen MR) is 64.7 cm³/mol. The number of halogens is 1. The van der Waals surface area contributed by atoms with E-state index in [0.29, 0.717) is 19.6 Å². The molecule has 0 bridgehead atoms. The van der Waals surface area contributed by atoms with E-state index in [1.165, 1.54) is 12.1 Å². The highest BCUT2D eigenvalue weighted by Crippen LogP contribution is 2.09. The first-order valence-electron chi connectivity index (χ1n) is 5.60. The van der Waals surface area contributed by atoms with Gasteiger partial charge in [-0.3, -0.25) is 4.79 Å². The minimum absolute atomic E-state index is 0.160. The van der Waals surface area contributed by atoms with Gasteiger partial charge in [-0.05, 0) is 19.2 Å². The Morgan fingerprint density at radius 2 is 2.06 bits per heavy atom. The summed E-state index contributed by atoms with van der Waals surface area (Å²) in [5, 5.41) is 0. The Morgan fingerprint density at radius 1 is 1.35 bits per heavy atom. The molecule has 0 radical (unpaired) electrons. The van der Waals surface area contributed by atoms with Gasteiger partial charge in [-0.1, -0.05) is 12.1 Å². The lowest BCUT2D eigenvalue weighted by molar-refractivity contribution is 0.0956. The molecule has 94 valence electrons. The lowest BCUT2D eigenvalue weighted by Crippen LogP contribution is -2.25. The van der Waals surface area contributed by atoms with Gasteiger partial charge in [-0.2, -0.15) is 0 Å². The number of likely N-dealkylation sites (N-methyl/N-ethyl adjacent to an activating group) is 1. The van der Waals surface area contributed by atoms with Gasteiger partial charge < -0.3 is 9.64 Å². The summed E-state index contributed by atoms with van der Waals surface area (Å²) in [5.74, 6) is -0.607. The third-order valence-corrected chi connectivity index (χ3v) is 2.57. The Kier molecular flexibility index (Phi) is 5.80. The molecular formula is C13H18FNO2. The van der Waals surface area contributed by atoms with E-state index >= 15 is 0 Å². The van der Waals surface area contributed by atoms with Gasteiger partial charge in [0.25, 0.3) is 0 Å². The zero-order valence-corrected chi connectivity index (χ0v) is 10.3. The molecule has 0 atom stereocenters. The first kappa shape index (κ1) is 13.8. The normalized spacial score (nSPS) is 10.8. The molecule has 1 aromatic carbocycles. The maximum Gasteiger partial charge on any atom is 0.167 e. The summed E-state index contributed by atoms with van der Waals surface area (Å²) in [6.07, 6.45) is 0.321. The van der Waals surface area contributed by atoms with Crippen molar-refractivity contribution in [2.75, 3.05) is 33.9 Å². The average molecular weight is 239 g/mol. The second kappa shape index (κ2) is 7.14. The lowest BCUT2D eigenvalue weighted by atomic mass is 10.1. The van der Waals surface area contributed by atoms with Gasteiger partial charge in [0, 0.05) is 26.6 Å². The van der Waals surface area contributed by atoms with Crippen molar-refractivity contribution in [3.63, 3.8) is 0 Å². The van der Waals surface area contributed by atoms with Gasteiger partial charge in [-0.15, -0.1) is 0 Å². The molecule has 0 heterocycles. The fourth-order valence-electron chi connectivity index (χ4n) is 1.47. The molecule has 0 fully saturated rings. The molecule has 1 aromatic rings. The Morgan fingerprint density at radius 3 is 2.71 bits per heavy atom. The van der Waals surface area contributed by atoms with Crippen molar-refractivity contribution in [1.29, 1.82) is 0 Å². The zero-order chi connectivity index (χ0) is 12.7. The number of carbonyl (C=O) groups is 1. The highest BCUT2D eigenvalue weighted by Gasteiger charge is 2.11. The van der Waals surface area contributed by atoms with Crippen LogP contribution in [0.5, 0.6) is 0 Å². The number of methoxy groups -OCH3 is 1. The van der Waals surface area contributed by atoms with E-state index in [4.69, 9.17) is 4.74 Å². The van der Waals surface area contributed by atoms with Crippen molar-refractivity contribution in [1.82, 2.24) is 4.90 Å². The second-order valence-corrected chi connectivity index (χ2v) is 3.95. The molecule has 0 aromatic heterocycles. The van der Waals surface area contributed by atoms with Gasteiger partial charge in [0.15, 0.2) is 5.78 Å². The SMILES string of the molecule is COCCN(C)CCC(=O)c1ccccc1F. The largest absolute Gasteiger partial charge is 0.383 e. The maximum atomic E-state index is 13.3.